The lowest BCUT2D eigenvalue weighted by molar-refractivity contribution is -0.122. The van der Waals surface area contributed by atoms with E-state index in [1.54, 1.807) is 25.3 Å². The first-order valence-electron chi connectivity index (χ1n) is 9.62. The lowest BCUT2D eigenvalue weighted by Gasteiger charge is -2.12. The zero-order chi connectivity index (χ0) is 21.0. The van der Waals surface area contributed by atoms with Crippen LogP contribution in [0.2, 0.25) is 0 Å². The summed E-state index contributed by atoms with van der Waals surface area (Å²) in [6, 6.07) is 18.4. The first kappa shape index (κ1) is 20.5. The minimum absolute atomic E-state index is 0.282. The highest BCUT2D eigenvalue weighted by molar-refractivity contribution is 5.87. The molecule has 3 nitrogen and oxygen atoms in total. The van der Waals surface area contributed by atoms with Crippen LogP contribution in [0.1, 0.15) is 40.7 Å². The van der Waals surface area contributed by atoms with E-state index in [0.717, 1.165) is 22.3 Å². The number of hydrogen-bond donors (Lipinski definition) is 1. The number of carbonyl (C=O) groups is 1. The van der Waals surface area contributed by atoms with Crippen molar-refractivity contribution in [1.29, 1.82) is 0 Å². The number of nitrogens with one attached hydrogen (secondary N) is 1. The van der Waals surface area contributed by atoms with Gasteiger partial charge in [0.25, 0.3) is 0 Å². The second-order valence-electron chi connectivity index (χ2n) is 7.37. The van der Waals surface area contributed by atoms with E-state index in [2.05, 4.69) is 22.7 Å². The molecule has 0 saturated carbocycles. The van der Waals surface area contributed by atoms with Crippen LogP contribution in [-0.2, 0) is 4.79 Å². The van der Waals surface area contributed by atoms with Gasteiger partial charge in [-0.15, -0.1) is 0 Å². The maximum Gasteiger partial charge on any atom is 0.247 e. The van der Waals surface area contributed by atoms with E-state index in [4.69, 9.17) is 0 Å². The van der Waals surface area contributed by atoms with Crippen molar-refractivity contribution in [2.75, 3.05) is 0 Å². The average molecular weight is 388 g/mol. The summed E-state index contributed by atoms with van der Waals surface area (Å²) >= 11 is 0. The molecule has 0 aliphatic carbocycles. The topological polar surface area (TPSA) is 41.5 Å². The monoisotopic (exact) mass is 388 g/mol. The Morgan fingerprint density at radius 2 is 1.66 bits per heavy atom. The van der Waals surface area contributed by atoms with E-state index in [1.807, 2.05) is 51.1 Å². The molecule has 0 fully saturated rings. The lowest BCUT2D eigenvalue weighted by Crippen LogP contribution is -2.23. The number of carbonyl (C=O) groups excluding carboxylic acids is 1. The van der Waals surface area contributed by atoms with Crippen LogP contribution in [0.3, 0.4) is 0 Å². The summed E-state index contributed by atoms with van der Waals surface area (Å²) < 4.78 is 14.6. The smallest absolute Gasteiger partial charge is 0.247 e. The molecule has 0 spiro atoms. The van der Waals surface area contributed by atoms with Gasteiger partial charge in [0.05, 0.1) is 12.1 Å². The molecule has 3 aromatic rings. The molecule has 0 saturated heterocycles. The van der Waals surface area contributed by atoms with E-state index in [0.29, 0.717) is 11.1 Å². The summed E-state index contributed by atoms with van der Waals surface area (Å²) in [6.45, 7) is 7.82. The van der Waals surface area contributed by atoms with Gasteiger partial charge in [0.15, 0.2) is 0 Å². The van der Waals surface area contributed by atoms with E-state index in [1.165, 1.54) is 11.6 Å². The van der Waals surface area contributed by atoms with Gasteiger partial charge in [-0.2, -0.15) is 5.10 Å². The van der Waals surface area contributed by atoms with Crippen LogP contribution in [0, 0.1) is 26.6 Å². The van der Waals surface area contributed by atoms with Gasteiger partial charge >= 0.3 is 0 Å². The van der Waals surface area contributed by atoms with Gasteiger partial charge in [-0.3, -0.25) is 4.79 Å². The minimum atomic E-state index is -0.522. The van der Waals surface area contributed by atoms with Crippen LogP contribution in [0.4, 0.5) is 4.39 Å². The van der Waals surface area contributed by atoms with Crippen molar-refractivity contribution in [3.8, 4) is 11.1 Å². The number of nitrogens with zero attached hydrogens (tertiary/aromatic N) is 1. The first-order chi connectivity index (χ1) is 13.9. The molecule has 4 heteroatoms. The molecule has 0 aromatic heterocycles. The summed E-state index contributed by atoms with van der Waals surface area (Å²) in [6.07, 6.45) is 1.66. The number of rotatable bonds is 5. The Labute approximate surface area is 171 Å². The van der Waals surface area contributed by atoms with E-state index < -0.39 is 5.92 Å². The van der Waals surface area contributed by atoms with E-state index in [9.17, 15) is 9.18 Å². The normalized spacial score (nSPS) is 12.2. The number of hydrogen-bond acceptors (Lipinski definition) is 2. The second kappa shape index (κ2) is 8.82. The number of benzene rings is 3. The van der Waals surface area contributed by atoms with Gasteiger partial charge in [0.1, 0.15) is 5.82 Å². The molecule has 0 bridgehead atoms. The van der Waals surface area contributed by atoms with Crippen LogP contribution < -0.4 is 5.43 Å². The molecule has 0 heterocycles. The Balaban J connectivity index is 1.71. The Bertz CT molecular complexity index is 1030. The Kier molecular flexibility index (Phi) is 6.23. The van der Waals surface area contributed by atoms with Crippen LogP contribution in [0.15, 0.2) is 65.8 Å². The standard InChI is InChI=1S/C25H25FN2O/c1-16-12-17(2)23(18(3)13-16)15-27-28-25(29)19(4)21-10-11-22(24(26)14-21)20-8-6-5-7-9-20/h5-15,19H,1-4H3,(H,28,29)/b27-15+. The molecule has 3 aromatic carbocycles. The van der Waals surface area contributed by atoms with Crippen molar-refractivity contribution in [2.24, 2.45) is 5.10 Å². The van der Waals surface area contributed by atoms with Gasteiger partial charge in [0, 0.05) is 11.1 Å². The molecule has 1 atom stereocenters. The zero-order valence-corrected chi connectivity index (χ0v) is 17.2. The van der Waals surface area contributed by atoms with Crippen molar-refractivity contribution in [3.63, 3.8) is 0 Å². The van der Waals surface area contributed by atoms with Gasteiger partial charge in [-0.25, -0.2) is 9.82 Å². The molecule has 0 aliphatic heterocycles. The van der Waals surface area contributed by atoms with Crippen molar-refractivity contribution in [3.05, 3.63) is 94.3 Å². The minimum Gasteiger partial charge on any atom is -0.272 e. The molecule has 0 aliphatic rings. The maximum atomic E-state index is 14.6. The van der Waals surface area contributed by atoms with Gasteiger partial charge in [-0.1, -0.05) is 60.2 Å². The highest BCUT2D eigenvalue weighted by Gasteiger charge is 2.17. The number of halogens is 1. The summed E-state index contributed by atoms with van der Waals surface area (Å²) in [5.41, 5.74) is 8.89. The fourth-order valence-corrected chi connectivity index (χ4v) is 3.46. The predicted molar refractivity (Wildman–Crippen MR) is 117 cm³/mol. The quantitative estimate of drug-likeness (QED) is 0.444. The van der Waals surface area contributed by atoms with Crippen molar-refractivity contribution in [1.82, 2.24) is 5.43 Å². The van der Waals surface area contributed by atoms with Crippen LogP contribution in [0.25, 0.3) is 11.1 Å². The maximum absolute atomic E-state index is 14.6. The largest absolute Gasteiger partial charge is 0.272 e. The third kappa shape index (κ3) is 4.77. The predicted octanol–water partition coefficient (Wildman–Crippen LogP) is 5.67. The molecular formula is C25H25FN2O. The molecule has 29 heavy (non-hydrogen) atoms. The third-order valence-corrected chi connectivity index (χ3v) is 5.08. The number of hydrazone groups is 1. The highest BCUT2D eigenvalue weighted by atomic mass is 19.1. The summed E-state index contributed by atoms with van der Waals surface area (Å²) in [4.78, 5) is 12.5. The summed E-state index contributed by atoms with van der Waals surface area (Å²) in [5.74, 6) is -1.15. The SMILES string of the molecule is Cc1cc(C)c(/C=N/NC(=O)C(C)c2ccc(-c3ccccc3)c(F)c2)c(C)c1. The number of aryl methyl sites for hydroxylation is 3. The van der Waals surface area contributed by atoms with Crippen molar-refractivity contribution in [2.45, 2.75) is 33.6 Å². The molecule has 0 radical (unpaired) electrons. The van der Waals surface area contributed by atoms with Gasteiger partial charge in [-0.05, 0) is 56.0 Å². The molecule has 1 unspecified atom stereocenters. The fourth-order valence-electron chi connectivity index (χ4n) is 3.46. The van der Waals surface area contributed by atoms with Crippen LogP contribution in [-0.4, -0.2) is 12.1 Å². The molecule has 148 valence electrons. The highest BCUT2D eigenvalue weighted by Crippen LogP contribution is 2.26. The summed E-state index contributed by atoms with van der Waals surface area (Å²) in [5, 5.41) is 4.11. The molecule has 3 rings (SSSR count). The van der Waals surface area contributed by atoms with E-state index in [-0.39, 0.29) is 11.7 Å². The lowest BCUT2D eigenvalue weighted by atomic mass is 9.96. The zero-order valence-electron chi connectivity index (χ0n) is 17.2. The number of amides is 1. The van der Waals surface area contributed by atoms with Crippen molar-refractivity contribution < 1.29 is 9.18 Å². The fraction of sp³-hybridized carbons (Fsp3) is 0.200. The molecule has 1 amide bonds. The average Bonchev–Trinajstić information content (AvgIpc) is 2.69. The summed E-state index contributed by atoms with van der Waals surface area (Å²) in [7, 11) is 0. The Morgan fingerprint density at radius 1 is 1.00 bits per heavy atom. The third-order valence-electron chi connectivity index (χ3n) is 5.08. The Hall–Kier alpha value is -3.27. The van der Waals surface area contributed by atoms with Crippen LogP contribution in [0.5, 0.6) is 0 Å². The van der Waals surface area contributed by atoms with Crippen molar-refractivity contribution >= 4 is 12.1 Å². The molecular weight excluding hydrogens is 363 g/mol. The van der Waals surface area contributed by atoms with Gasteiger partial charge < -0.3 is 0 Å². The van der Waals surface area contributed by atoms with E-state index >= 15 is 0 Å². The van der Waals surface area contributed by atoms with Crippen LogP contribution >= 0.6 is 0 Å². The first-order valence-corrected chi connectivity index (χ1v) is 9.62. The van der Waals surface area contributed by atoms with Gasteiger partial charge in [0.2, 0.25) is 5.91 Å². The second-order valence-corrected chi connectivity index (χ2v) is 7.37. The Morgan fingerprint density at radius 3 is 2.28 bits per heavy atom. The molecule has 1 N–H and O–H groups in total.